The minimum atomic E-state index is -2.31. The number of β-lactam (4-membered cyclic amide) rings is 1. The van der Waals surface area contributed by atoms with Crippen LogP contribution in [0.2, 0.25) is 37.8 Å². The van der Waals surface area contributed by atoms with E-state index in [2.05, 4.69) is 53.5 Å². The average Bonchev–Trinajstić information content (AvgIpc) is 3.54. The topological polar surface area (TPSA) is 80.8 Å². The zero-order valence-electron chi connectivity index (χ0n) is 22.8. The highest BCUT2D eigenvalue weighted by molar-refractivity contribution is 6.74. The predicted molar refractivity (Wildman–Crippen MR) is 140 cm³/mol. The Bertz CT molecular complexity index is 945. The van der Waals surface area contributed by atoms with Crippen molar-refractivity contribution in [3.8, 4) is 0 Å². The number of benzene rings is 1. The third-order valence-corrected chi connectivity index (χ3v) is 13.7. The largest absolute Gasteiger partial charge is 0.409 e. The molecule has 2 aliphatic heterocycles. The second-order valence-electron chi connectivity index (χ2n) is 12.9. The number of amides is 1. The molecule has 1 aromatic carbocycles. The van der Waals surface area contributed by atoms with Gasteiger partial charge in [0.1, 0.15) is 42.2 Å². The lowest BCUT2D eigenvalue weighted by atomic mass is 9.64. The number of hydrogen-bond donors (Lipinski definition) is 1. The molecule has 9 heteroatoms. The van der Waals surface area contributed by atoms with E-state index in [1.54, 1.807) is 0 Å². The van der Waals surface area contributed by atoms with Crippen LogP contribution in [0, 0.1) is 0 Å². The second kappa shape index (κ2) is 8.75. The van der Waals surface area contributed by atoms with Crippen LogP contribution >= 0.6 is 0 Å². The Balaban J connectivity index is 1.74. The number of epoxide rings is 1. The van der Waals surface area contributed by atoms with Gasteiger partial charge in [0.15, 0.2) is 16.6 Å². The quantitative estimate of drug-likeness (QED) is 0.305. The van der Waals surface area contributed by atoms with Crippen LogP contribution in [0.1, 0.15) is 46.1 Å². The Labute approximate surface area is 212 Å². The zero-order chi connectivity index (χ0) is 26.0. The van der Waals surface area contributed by atoms with Gasteiger partial charge in [-0.3, -0.25) is 9.63 Å². The number of hydrogen-bond acceptors (Lipinski definition) is 6. The lowest BCUT2D eigenvalue weighted by Gasteiger charge is -2.61. The first-order chi connectivity index (χ1) is 16.1. The van der Waals surface area contributed by atoms with Crippen LogP contribution in [0.3, 0.4) is 0 Å². The molecule has 3 fully saturated rings. The lowest BCUT2D eigenvalue weighted by Crippen LogP contribution is -2.81. The Morgan fingerprint density at radius 3 is 2.20 bits per heavy atom. The number of aliphatic hydroxyl groups is 1. The molecule has 0 radical (unpaired) electrons. The molecule has 3 aliphatic rings. The van der Waals surface area contributed by atoms with E-state index in [0.717, 1.165) is 5.56 Å². The van der Waals surface area contributed by atoms with Gasteiger partial charge in [-0.1, -0.05) is 58.0 Å². The highest BCUT2D eigenvalue weighted by Gasteiger charge is 2.81. The van der Waals surface area contributed by atoms with Gasteiger partial charge in [-0.05, 0) is 49.8 Å². The summed E-state index contributed by atoms with van der Waals surface area (Å²) in [5.74, 6) is -0.0904. The monoisotopic (exact) mass is 521 g/mol. The van der Waals surface area contributed by atoms with Crippen molar-refractivity contribution in [3.63, 3.8) is 0 Å². The van der Waals surface area contributed by atoms with Crippen LogP contribution in [-0.4, -0.2) is 68.3 Å². The molecule has 1 aromatic rings. The van der Waals surface area contributed by atoms with Crippen LogP contribution in [0.4, 0.5) is 0 Å². The van der Waals surface area contributed by atoms with E-state index in [1.807, 2.05) is 37.3 Å². The molecule has 0 aromatic heterocycles. The molecule has 1 saturated carbocycles. The van der Waals surface area contributed by atoms with Crippen molar-refractivity contribution in [2.24, 2.45) is 0 Å². The summed E-state index contributed by atoms with van der Waals surface area (Å²) in [4.78, 5) is 19.2. The van der Waals surface area contributed by atoms with Crippen molar-refractivity contribution in [2.45, 2.75) is 120 Å². The lowest BCUT2D eigenvalue weighted by molar-refractivity contribution is -0.302. The Hall–Kier alpha value is -1.08. The first kappa shape index (κ1) is 27.0. The van der Waals surface area contributed by atoms with Gasteiger partial charge in [0, 0.05) is 0 Å². The summed E-state index contributed by atoms with van der Waals surface area (Å²) in [6, 6.07) is 9.81. The fraction of sp³-hybridized carbons (Fsp3) is 0.731. The van der Waals surface area contributed by atoms with E-state index in [4.69, 9.17) is 18.4 Å². The van der Waals surface area contributed by atoms with Crippen LogP contribution in [0.5, 0.6) is 0 Å². The SMILES string of the molecule is CC[C@]1(O)[C@H]2O[C@H]2[C@]2(CC(=O)N2OCc2ccccc2)[C@H](O[Si](C)(C)C)[C@@H]1O[Si](C)(C)C(C)(C)C. The summed E-state index contributed by atoms with van der Waals surface area (Å²) in [5.41, 5.74) is -1.03. The molecule has 1 aliphatic carbocycles. The molecule has 1 spiro atoms. The number of carbonyl (C=O) groups excluding carboxylic acids is 1. The molecule has 1 N–H and O–H groups in total. The molecule has 1 amide bonds. The van der Waals surface area contributed by atoms with E-state index >= 15 is 0 Å². The number of carbonyl (C=O) groups is 1. The highest BCUT2D eigenvalue weighted by atomic mass is 28.4. The molecule has 7 nitrogen and oxygen atoms in total. The summed E-state index contributed by atoms with van der Waals surface area (Å²) < 4.78 is 20.0. The fourth-order valence-corrected chi connectivity index (χ4v) is 7.60. The minimum absolute atomic E-state index is 0.0568. The van der Waals surface area contributed by atoms with Gasteiger partial charge in [0.25, 0.3) is 0 Å². The molecule has 2 saturated heterocycles. The number of rotatable bonds is 8. The smallest absolute Gasteiger partial charge is 0.249 e. The summed E-state index contributed by atoms with van der Waals surface area (Å²) in [5, 5.41) is 13.5. The van der Waals surface area contributed by atoms with Crippen LogP contribution in [0.15, 0.2) is 30.3 Å². The summed E-state index contributed by atoms with van der Waals surface area (Å²) in [7, 11) is -4.44. The Kier molecular flexibility index (Phi) is 6.74. The van der Waals surface area contributed by atoms with Crippen molar-refractivity contribution in [2.75, 3.05) is 0 Å². The first-order valence-electron chi connectivity index (χ1n) is 12.8. The van der Waals surface area contributed by atoms with Crippen LogP contribution in [-0.2, 0) is 29.8 Å². The fourth-order valence-electron chi connectivity index (χ4n) is 5.19. The van der Waals surface area contributed by atoms with Crippen molar-refractivity contribution in [1.82, 2.24) is 5.06 Å². The maximum Gasteiger partial charge on any atom is 0.249 e. The molecular weight excluding hydrogens is 478 g/mol. The molecule has 35 heavy (non-hydrogen) atoms. The number of ether oxygens (including phenoxy) is 1. The molecule has 6 atom stereocenters. The Morgan fingerprint density at radius 2 is 1.69 bits per heavy atom. The van der Waals surface area contributed by atoms with E-state index in [1.165, 1.54) is 5.06 Å². The van der Waals surface area contributed by atoms with Gasteiger partial charge in [-0.25, -0.2) is 5.06 Å². The molecule has 4 rings (SSSR count). The average molecular weight is 522 g/mol. The van der Waals surface area contributed by atoms with Gasteiger partial charge >= 0.3 is 0 Å². The molecule has 0 bridgehead atoms. The second-order valence-corrected chi connectivity index (χ2v) is 22.1. The summed E-state index contributed by atoms with van der Waals surface area (Å²) in [6.07, 6.45) is -1.20. The van der Waals surface area contributed by atoms with E-state index in [9.17, 15) is 9.90 Å². The number of nitrogens with zero attached hydrogens (tertiary/aromatic N) is 1. The molecule has 196 valence electrons. The van der Waals surface area contributed by atoms with Crippen LogP contribution in [0.25, 0.3) is 0 Å². The minimum Gasteiger partial charge on any atom is -0.409 e. The van der Waals surface area contributed by atoms with Gasteiger partial charge < -0.3 is 18.7 Å². The van der Waals surface area contributed by atoms with E-state index in [-0.39, 0.29) is 30.1 Å². The summed E-state index contributed by atoms with van der Waals surface area (Å²) in [6.45, 7) is 19.6. The van der Waals surface area contributed by atoms with Crippen LogP contribution < -0.4 is 0 Å². The zero-order valence-corrected chi connectivity index (χ0v) is 24.8. The third-order valence-electron chi connectivity index (χ3n) is 8.25. The third kappa shape index (κ3) is 4.58. The van der Waals surface area contributed by atoms with Crippen molar-refractivity contribution in [3.05, 3.63) is 35.9 Å². The summed E-state index contributed by atoms with van der Waals surface area (Å²) >= 11 is 0. The standard InChI is InChI=1S/C26H43NO6Si2/c1-10-26(29)22-20(31-22)25(16-19(28)27(25)30-17-18-14-12-11-13-15-18)21(32-34(5,6)7)23(26)33-35(8,9)24(2,3)4/h11-15,20-23,29H,10,16-17H2,1-9H3/t20-,21-,22+,23+,25-,26+/m1/s1. The van der Waals surface area contributed by atoms with Gasteiger partial charge in [-0.2, -0.15) is 0 Å². The highest BCUT2D eigenvalue weighted by Crippen LogP contribution is 2.60. The van der Waals surface area contributed by atoms with Crippen molar-refractivity contribution >= 4 is 22.5 Å². The predicted octanol–water partition coefficient (Wildman–Crippen LogP) is 4.62. The van der Waals surface area contributed by atoms with E-state index in [0.29, 0.717) is 6.42 Å². The molecule has 0 unspecified atom stereocenters. The van der Waals surface area contributed by atoms with Gasteiger partial charge in [0.2, 0.25) is 5.91 Å². The maximum atomic E-state index is 13.0. The Morgan fingerprint density at radius 1 is 1.06 bits per heavy atom. The molecular formula is C26H43NO6Si2. The molecule has 2 heterocycles. The van der Waals surface area contributed by atoms with Gasteiger partial charge in [-0.15, -0.1) is 0 Å². The van der Waals surface area contributed by atoms with E-state index < -0.39 is 46.1 Å². The normalized spacial score (nSPS) is 35.1. The number of hydroxylamine groups is 2. The van der Waals surface area contributed by atoms with Crippen molar-refractivity contribution < 1.29 is 28.3 Å². The first-order valence-corrected chi connectivity index (χ1v) is 19.1. The van der Waals surface area contributed by atoms with Crippen molar-refractivity contribution in [1.29, 1.82) is 0 Å². The number of fused-ring (bicyclic) bond motifs is 2. The maximum absolute atomic E-state index is 13.0. The van der Waals surface area contributed by atoms with Gasteiger partial charge in [0.05, 0.1) is 6.42 Å².